The van der Waals surface area contributed by atoms with Crippen LogP contribution in [0.1, 0.15) is 5.01 Å². The van der Waals surface area contributed by atoms with Crippen molar-refractivity contribution in [3.05, 3.63) is 53.5 Å². The van der Waals surface area contributed by atoms with Crippen LogP contribution in [0.15, 0.2) is 48.5 Å². The highest BCUT2D eigenvalue weighted by Crippen LogP contribution is 2.26. The molecule has 0 spiro atoms. The Kier molecular flexibility index (Phi) is 5.48. The number of aryl methyl sites for hydroxylation is 2. The fraction of sp³-hybridized carbons (Fsp3) is 0.188. The zero-order chi connectivity index (χ0) is 17.0. The van der Waals surface area contributed by atoms with Gasteiger partial charge in [0.2, 0.25) is 20.9 Å². The molecule has 0 amide bonds. The van der Waals surface area contributed by atoms with Crippen molar-refractivity contribution >= 4 is 32.0 Å². The average Bonchev–Trinajstić information content (AvgIpc) is 2.82. The number of fused-ring (bicyclic) bond motifs is 1. The summed E-state index contributed by atoms with van der Waals surface area (Å²) in [4.78, 5) is 0. The van der Waals surface area contributed by atoms with Crippen molar-refractivity contribution in [2.75, 3.05) is 7.11 Å². The molecule has 7 heteroatoms. The minimum absolute atomic E-state index is 0.808. The second-order valence-electron chi connectivity index (χ2n) is 4.80. The van der Waals surface area contributed by atoms with Gasteiger partial charge in [-0.1, -0.05) is 47.7 Å². The van der Waals surface area contributed by atoms with Crippen molar-refractivity contribution in [3.8, 4) is 11.1 Å². The van der Waals surface area contributed by atoms with Crippen molar-refractivity contribution in [2.45, 2.75) is 6.92 Å². The molecule has 1 aromatic heterocycles. The highest BCUT2D eigenvalue weighted by molar-refractivity contribution is 7.80. The van der Waals surface area contributed by atoms with Crippen LogP contribution in [0.4, 0.5) is 0 Å². The van der Waals surface area contributed by atoms with E-state index in [1.165, 1.54) is 26.4 Å². The monoisotopic (exact) mass is 351 g/mol. The Balaban J connectivity index is 0.000000277. The van der Waals surface area contributed by atoms with Gasteiger partial charge in [-0.15, -0.1) is 0 Å². The quantitative estimate of drug-likeness (QED) is 0.404. The number of nitrogens with zero attached hydrogens (tertiary/aromatic N) is 1. The maximum Gasteiger partial charge on any atom is 0.234 e. The number of thiazole rings is 1. The topological polar surface area (TPSA) is 70.3 Å². The summed E-state index contributed by atoms with van der Waals surface area (Å²) in [6, 6.07) is 17.2. The summed E-state index contributed by atoms with van der Waals surface area (Å²) in [5.41, 5.74) is 3.87. The van der Waals surface area contributed by atoms with Gasteiger partial charge in [0, 0.05) is 13.0 Å². The van der Waals surface area contributed by atoms with Crippen molar-refractivity contribution in [2.24, 2.45) is 7.05 Å². The Morgan fingerprint density at radius 1 is 1.09 bits per heavy atom. The van der Waals surface area contributed by atoms with Crippen molar-refractivity contribution in [1.82, 2.24) is 0 Å². The number of hydrogen-bond donors (Lipinski definition) is 0. The molecular weight excluding hydrogens is 334 g/mol. The van der Waals surface area contributed by atoms with Gasteiger partial charge in [0.1, 0.15) is 11.7 Å². The van der Waals surface area contributed by atoms with E-state index in [9.17, 15) is 13.0 Å². The predicted molar refractivity (Wildman–Crippen MR) is 89.9 cm³/mol. The third kappa shape index (κ3) is 4.59. The Hall–Kier alpha value is -1.80. The molecule has 0 aliphatic rings. The van der Waals surface area contributed by atoms with Crippen molar-refractivity contribution < 1.29 is 21.7 Å². The summed E-state index contributed by atoms with van der Waals surface area (Å²) in [6.45, 7) is 2.16. The van der Waals surface area contributed by atoms with Crippen molar-refractivity contribution in [3.63, 3.8) is 0 Å². The molecule has 5 nitrogen and oxygen atoms in total. The summed E-state index contributed by atoms with van der Waals surface area (Å²) < 4.78 is 34.6. The van der Waals surface area contributed by atoms with Crippen LogP contribution in [0.5, 0.6) is 0 Å². The Labute approximate surface area is 139 Å². The number of rotatable bonds is 2. The molecule has 0 N–H and O–H groups in total. The van der Waals surface area contributed by atoms with Gasteiger partial charge < -0.3 is 4.55 Å². The molecule has 0 saturated carbocycles. The molecule has 0 atom stereocenters. The molecule has 0 aliphatic carbocycles. The van der Waals surface area contributed by atoms with E-state index in [-0.39, 0.29) is 0 Å². The summed E-state index contributed by atoms with van der Waals surface area (Å²) >= 11 is 1.85. The van der Waals surface area contributed by atoms with Gasteiger partial charge in [-0.3, -0.25) is 4.18 Å². The van der Waals surface area contributed by atoms with Crippen LogP contribution in [-0.4, -0.2) is 20.1 Å². The molecule has 0 radical (unpaired) electrons. The molecule has 0 aliphatic heterocycles. The third-order valence-electron chi connectivity index (χ3n) is 3.36. The summed E-state index contributed by atoms with van der Waals surface area (Å²) in [7, 11) is -1.48. The van der Waals surface area contributed by atoms with E-state index in [4.69, 9.17) is 0 Å². The first-order valence-electron chi connectivity index (χ1n) is 6.78. The molecule has 23 heavy (non-hydrogen) atoms. The van der Waals surface area contributed by atoms with Crippen LogP contribution in [0.2, 0.25) is 0 Å². The smallest absolute Gasteiger partial charge is 0.234 e. The van der Waals surface area contributed by atoms with Crippen LogP contribution in [0, 0.1) is 6.92 Å². The lowest BCUT2D eigenvalue weighted by atomic mass is 10.1. The van der Waals surface area contributed by atoms with E-state index in [0.29, 0.717) is 0 Å². The highest BCUT2D eigenvalue weighted by atomic mass is 32.3. The van der Waals surface area contributed by atoms with Crippen molar-refractivity contribution in [1.29, 1.82) is 0 Å². The second-order valence-corrected chi connectivity index (χ2v) is 7.19. The minimum Gasteiger partial charge on any atom is -0.726 e. The first-order valence-corrected chi connectivity index (χ1v) is 8.93. The standard InChI is InChI=1S/C15H14NS.CH4O4S/c1-11-16(2)14-10-13(8-9-15(14)17-11)12-6-4-3-5-7-12;1-5-6(2,3)4/h3-10H,1-2H3;1H3,(H,2,3,4)/q+1;/p-1. The Morgan fingerprint density at radius 2 is 1.70 bits per heavy atom. The number of aromatic nitrogens is 1. The lowest BCUT2D eigenvalue weighted by molar-refractivity contribution is -0.646. The van der Waals surface area contributed by atoms with Gasteiger partial charge >= 0.3 is 0 Å². The summed E-state index contributed by atoms with van der Waals surface area (Å²) in [5, 5.41) is 1.34. The van der Waals surface area contributed by atoms with Gasteiger partial charge in [-0.25, -0.2) is 8.42 Å². The van der Waals surface area contributed by atoms with Gasteiger partial charge in [0.05, 0.1) is 7.11 Å². The zero-order valence-electron chi connectivity index (χ0n) is 13.0. The molecule has 3 rings (SSSR count). The van der Waals surface area contributed by atoms with Gasteiger partial charge in [-0.2, -0.15) is 4.57 Å². The SMILES string of the molecule is COS(=O)(=O)[O-].Cc1sc2ccc(-c3ccccc3)cc2[n+]1C. The average molecular weight is 351 g/mol. The van der Waals surface area contributed by atoms with Gasteiger partial charge in [0.25, 0.3) is 0 Å². The molecular formula is C16H17NO4S2. The zero-order valence-corrected chi connectivity index (χ0v) is 14.6. The van der Waals surface area contributed by atoms with Gasteiger partial charge in [0.15, 0.2) is 0 Å². The minimum atomic E-state index is -4.41. The molecule has 0 fully saturated rings. The van der Waals surface area contributed by atoms with E-state index in [0.717, 1.165) is 7.11 Å². The van der Waals surface area contributed by atoms with E-state index < -0.39 is 10.4 Å². The Morgan fingerprint density at radius 3 is 2.26 bits per heavy atom. The summed E-state index contributed by atoms with van der Waals surface area (Å²) in [5.74, 6) is 0. The Bertz CT molecular complexity index is 902. The van der Waals surface area contributed by atoms with Crippen LogP contribution >= 0.6 is 11.3 Å². The lowest BCUT2D eigenvalue weighted by Crippen LogP contribution is -2.28. The molecule has 0 bridgehead atoms. The van der Waals surface area contributed by atoms with Crippen LogP contribution < -0.4 is 4.57 Å². The maximum absolute atomic E-state index is 9.22. The largest absolute Gasteiger partial charge is 0.726 e. The number of hydrogen-bond acceptors (Lipinski definition) is 5. The van der Waals surface area contributed by atoms with Gasteiger partial charge in [-0.05, 0) is 17.2 Å². The third-order valence-corrected chi connectivity index (χ3v) is 4.90. The van der Waals surface area contributed by atoms with E-state index in [1.54, 1.807) is 0 Å². The molecule has 3 aromatic rings. The maximum atomic E-state index is 9.22. The first kappa shape index (κ1) is 17.6. The first-order chi connectivity index (χ1) is 10.8. The van der Waals surface area contributed by atoms with Crippen LogP contribution in [-0.2, 0) is 21.6 Å². The van der Waals surface area contributed by atoms with E-state index in [2.05, 4.69) is 71.3 Å². The highest BCUT2D eigenvalue weighted by Gasteiger charge is 2.13. The second kappa shape index (κ2) is 7.18. The summed E-state index contributed by atoms with van der Waals surface area (Å²) in [6.07, 6.45) is 0. The fourth-order valence-corrected chi connectivity index (χ4v) is 3.06. The molecule has 2 aromatic carbocycles. The fourth-order valence-electron chi connectivity index (χ4n) is 2.07. The van der Waals surface area contributed by atoms with Crippen LogP contribution in [0.25, 0.3) is 21.3 Å². The predicted octanol–water partition coefficient (Wildman–Crippen LogP) is 2.79. The molecule has 1 heterocycles. The van der Waals surface area contributed by atoms with E-state index in [1.807, 2.05) is 11.3 Å². The van der Waals surface area contributed by atoms with Crippen LogP contribution in [0.3, 0.4) is 0 Å². The normalized spacial score (nSPS) is 11.1. The number of benzene rings is 2. The molecule has 122 valence electrons. The molecule has 0 unspecified atom stereocenters. The lowest BCUT2D eigenvalue weighted by Gasteiger charge is -1.99. The molecule has 0 saturated heterocycles. The van der Waals surface area contributed by atoms with E-state index >= 15 is 0 Å².